The van der Waals surface area contributed by atoms with Gasteiger partial charge in [-0.15, -0.1) is 0 Å². The summed E-state index contributed by atoms with van der Waals surface area (Å²) in [6.07, 6.45) is 1.83. The maximum absolute atomic E-state index is 12.5. The molecule has 0 atom stereocenters. The van der Waals surface area contributed by atoms with Crippen LogP contribution in [-0.4, -0.2) is 29.2 Å². The average Bonchev–Trinajstić information content (AvgIpc) is 3.00. The number of aromatic amines is 1. The molecule has 2 aromatic rings. The lowest BCUT2D eigenvalue weighted by atomic mass is 9.75. The zero-order chi connectivity index (χ0) is 22.8. The number of hydrazine groups is 1. The lowest BCUT2D eigenvalue weighted by Crippen LogP contribution is -2.42. The minimum Gasteiger partial charge on any atom is -0.493 e. The molecule has 1 aromatic heterocycles. The van der Waals surface area contributed by atoms with Gasteiger partial charge < -0.3 is 9.72 Å². The number of amides is 2. The molecule has 0 saturated carbocycles. The van der Waals surface area contributed by atoms with E-state index in [0.717, 1.165) is 17.0 Å². The van der Waals surface area contributed by atoms with E-state index >= 15 is 0 Å². The Bertz CT molecular complexity index is 1030. The summed E-state index contributed by atoms with van der Waals surface area (Å²) in [5.41, 5.74) is 7.93. The molecule has 1 aliphatic carbocycles. The van der Waals surface area contributed by atoms with Crippen molar-refractivity contribution >= 4 is 29.2 Å². The topological polar surface area (TPSA) is 100 Å². The highest BCUT2D eigenvalue weighted by Crippen LogP contribution is 2.36. The molecule has 7 nitrogen and oxygen atoms in total. The van der Waals surface area contributed by atoms with Crippen molar-refractivity contribution in [2.24, 2.45) is 5.41 Å². The molecule has 1 aromatic carbocycles. The first-order chi connectivity index (χ1) is 14.6. The fourth-order valence-electron chi connectivity index (χ4n) is 3.90. The van der Waals surface area contributed by atoms with Crippen LogP contribution in [-0.2, 0) is 11.2 Å². The molecule has 166 valence electrons. The quantitative estimate of drug-likeness (QED) is 0.461. The Morgan fingerprint density at radius 3 is 2.65 bits per heavy atom. The largest absolute Gasteiger partial charge is 0.493 e. The molecule has 8 heteroatoms. The fraction of sp³-hybridized carbons (Fsp3) is 0.435. The molecule has 0 saturated heterocycles. The molecule has 0 unspecified atom stereocenters. The van der Waals surface area contributed by atoms with Crippen LogP contribution in [0.2, 0.25) is 5.02 Å². The van der Waals surface area contributed by atoms with Gasteiger partial charge in [-0.1, -0.05) is 25.4 Å². The van der Waals surface area contributed by atoms with Crippen LogP contribution in [0.5, 0.6) is 5.75 Å². The van der Waals surface area contributed by atoms with Crippen LogP contribution in [0.25, 0.3) is 0 Å². The van der Waals surface area contributed by atoms with Crippen molar-refractivity contribution in [3.8, 4) is 5.75 Å². The summed E-state index contributed by atoms with van der Waals surface area (Å²) in [7, 11) is 0. The van der Waals surface area contributed by atoms with E-state index in [1.165, 1.54) is 0 Å². The number of fused-ring (bicyclic) bond motifs is 1. The average molecular weight is 446 g/mol. The van der Waals surface area contributed by atoms with Crippen LogP contribution in [0.15, 0.2) is 18.2 Å². The number of hydrogen-bond donors (Lipinski definition) is 3. The fourth-order valence-corrected chi connectivity index (χ4v) is 4.13. The molecule has 3 rings (SSSR count). The van der Waals surface area contributed by atoms with Crippen LogP contribution in [0.1, 0.15) is 70.8 Å². The van der Waals surface area contributed by atoms with Gasteiger partial charge in [-0.2, -0.15) is 0 Å². The summed E-state index contributed by atoms with van der Waals surface area (Å²) >= 11 is 5.92. The van der Waals surface area contributed by atoms with Gasteiger partial charge in [0, 0.05) is 29.1 Å². The number of carbonyl (C=O) groups is 3. The van der Waals surface area contributed by atoms with Gasteiger partial charge in [0.25, 0.3) is 5.91 Å². The van der Waals surface area contributed by atoms with Crippen LogP contribution in [0.4, 0.5) is 0 Å². The highest BCUT2D eigenvalue weighted by molar-refractivity contribution is 6.30. The Morgan fingerprint density at radius 1 is 1.19 bits per heavy atom. The zero-order valence-electron chi connectivity index (χ0n) is 18.3. The van der Waals surface area contributed by atoms with Crippen LogP contribution < -0.4 is 15.6 Å². The normalized spacial score (nSPS) is 14.7. The third-order valence-electron chi connectivity index (χ3n) is 5.39. The van der Waals surface area contributed by atoms with Gasteiger partial charge in [0.05, 0.1) is 6.61 Å². The number of nitrogens with one attached hydrogen (secondary N) is 3. The summed E-state index contributed by atoms with van der Waals surface area (Å²) < 4.78 is 5.66. The van der Waals surface area contributed by atoms with Crippen molar-refractivity contribution < 1.29 is 19.1 Å². The maximum atomic E-state index is 12.5. The molecule has 0 aliphatic heterocycles. The van der Waals surface area contributed by atoms with Gasteiger partial charge in [0.15, 0.2) is 5.78 Å². The van der Waals surface area contributed by atoms with Crippen molar-refractivity contribution in [1.82, 2.24) is 15.8 Å². The summed E-state index contributed by atoms with van der Waals surface area (Å²) in [5.74, 6) is -0.0316. The molecule has 1 aliphatic rings. The van der Waals surface area contributed by atoms with Gasteiger partial charge >= 0.3 is 0 Å². The Hall–Kier alpha value is -2.80. The summed E-state index contributed by atoms with van der Waals surface area (Å²) in [4.78, 5) is 40.1. The first kappa shape index (κ1) is 22.9. The van der Waals surface area contributed by atoms with E-state index in [0.29, 0.717) is 47.7 Å². The molecule has 0 radical (unpaired) electrons. The number of aryl methyl sites for hydroxylation is 1. The highest BCUT2D eigenvalue weighted by atomic mass is 35.5. The summed E-state index contributed by atoms with van der Waals surface area (Å²) in [6.45, 7) is 8.07. The zero-order valence-corrected chi connectivity index (χ0v) is 19.0. The van der Waals surface area contributed by atoms with Crippen molar-refractivity contribution in [3.63, 3.8) is 0 Å². The number of halogens is 1. The number of ether oxygens (including phenoxy) is 1. The minimum absolute atomic E-state index is 0.0407. The number of Topliss-reactive ketones (excluding diaryl/α,β-unsaturated/α-hetero) is 1. The predicted molar refractivity (Wildman–Crippen MR) is 118 cm³/mol. The molecule has 0 bridgehead atoms. The van der Waals surface area contributed by atoms with Crippen molar-refractivity contribution in [2.75, 3.05) is 6.61 Å². The first-order valence-corrected chi connectivity index (χ1v) is 10.7. The summed E-state index contributed by atoms with van der Waals surface area (Å²) in [5, 5.41) is 0.645. The molecule has 0 fully saturated rings. The number of aromatic nitrogens is 1. The second-order valence-corrected chi connectivity index (χ2v) is 9.22. The van der Waals surface area contributed by atoms with E-state index in [1.54, 1.807) is 19.1 Å². The standard InChI is InChI=1S/C23H28ClN3O4/c1-13-10-15(24)7-8-18(13)31-9-5-6-19(29)26-27-22(30)21-14(2)20-16(25-21)11-23(3,4)12-17(20)28/h7-8,10,25H,5-6,9,11-12H2,1-4H3,(H,26,29)(H,27,30). The van der Waals surface area contributed by atoms with Gasteiger partial charge in [0.1, 0.15) is 11.4 Å². The second kappa shape index (κ2) is 9.14. The van der Waals surface area contributed by atoms with E-state index in [2.05, 4.69) is 15.8 Å². The van der Waals surface area contributed by atoms with Crippen LogP contribution >= 0.6 is 11.6 Å². The lowest BCUT2D eigenvalue weighted by Gasteiger charge is -2.28. The Kier molecular flexibility index (Phi) is 6.74. The highest BCUT2D eigenvalue weighted by Gasteiger charge is 2.35. The first-order valence-electron chi connectivity index (χ1n) is 10.3. The number of H-pyrrole nitrogens is 1. The third-order valence-corrected chi connectivity index (χ3v) is 5.62. The van der Waals surface area contributed by atoms with Crippen molar-refractivity contribution in [2.45, 2.75) is 53.4 Å². The van der Waals surface area contributed by atoms with E-state index in [4.69, 9.17) is 16.3 Å². The minimum atomic E-state index is -0.473. The Labute approximate surface area is 186 Å². The maximum Gasteiger partial charge on any atom is 0.286 e. The van der Waals surface area contributed by atoms with Crippen LogP contribution in [0.3, 0.4) is 0 Å². The Balaban J connectivity index is 1.47. The van der Waals surface area contributed by atoms with Crippen LogP contribution in [0, 0.1) is 19.3 Å². The SMILES string of the molecule is Cc1cc(Cl)ccc1OCCCC(=O)NNC(=O)c1[nH]c2c(c1C)C(=O)CC(C)(C)C2. The van der Waals surface area contributed by atoms with Crippen molar-refractivity contribution in [1.29, 1.82) is 0 Å². The molecular formula is C23H28ClN3O4. The van der Waals surface area contributed by atoms with E-state index in [1.807, 2.05) is 26.8 Å². The molecule has 2 amide bonds. The van der Waals surface area contributed by atoms with E-state index in [9.17, 15) is 14.4 Å². The third kappa shape index (κ3) is 5.47. The van der Waals surface area contributed by atoms with Gasteiger partial charge in [-0.3, -0.25) is 25.2 Å². The molecule has 3 N–H and O–H groups in total. The smallest absolute Gasteiger partial charge is 0.286 e. The number of rotatable bonds is 6. The number of carbonyl (C=O) groups excluding carboxylic acids is 3. The van der Waals surface area contributed by atoms with Gasteiger partial charge in [0.2, 0.25) is 5.91 Å². The van der Waals surface area contributed by atoms with Gasteiger partial charge in [-0.25, -0.2) is 0 Å². The molecular weight excluding hydrogens is 418 g/mol. The second-order valence-electron chi connectivity index (χ2n) is 8.78. The monoisotopic (exact) mass is 445 g/mol. The predicted octanol–water partition coefficient (Wildman–Crippen LogP) is 4.06. The number of ketones is 1. The summed E-state index contributed by atoms with van der Waals surface area (Å²) in [6, 6.07) is 5.36. The van der Waals surface area contributed by atoms with Gasteiger partial charge in [-0.05, 0) is 61.4 Å². The number of hydrogen-bond acceptors (Lipinski definition) is 4. The molecule has 0 spiro atoms. The lowest BCUT2D eigenvalue weighted by molar-refractivity contribution is -0.122. The Morgan fingerprint density at radius 2 is 1.94 bits per heavy atom. The molecule has 31 heavy (non-hydrogen) atoms. The van der Waals surface area contributed by atoms with Crippen molar-refractivity contribution in [3.05, 3.63) is 51.3 Å². The van der Waals surface area contributed by atoms with E-state index in [-0.39, 0.29) is 23.5 Å². The molecule has 1 heterocycles. The van der Waals surface area contributed by atoms with E-state index < -0.39 is 5.91 Å². The number of benzene rings is 1.